The number of hydrogen-bond donors (Lipinski definition) is 1. The summed E-state index contributed by atoms with van der Waals surface area (Å²) in [7, 11) is 4.61. The molecule has 8 nitrogen and oxygen atoms in total. The first-order valence-corrected chi connectivity index (χ1v) is 8.41. The first kappa shape index (κ1) is 17.7. The molecule has 0 aliphatic carbocycles. The van der Waals surface area contributed by atoms with Crippen molar-refractivity contribution in [2.24, 2.45) is 0 Å². The predicted octanol–water partition coefficient (Wildman–Crippen LogP) is 3.27. The molecule has 0 saturated heterocycles. The van der Waals surface area contributed by atoms with Gasteiger partial charge in [0.15, 0.2) is 23.0 Å². The highest BCUT2D eigenvalue weighted by Crippen LogP contribution is 2.53. The number of hydrogen-bond acceptors (Lipinski definition) is 8. The van der Waals surface area contributed by atoms with E-state index in [9.17, 15) is 5.11 Å². The summed E-state index contributed by atoms with van der Waals surface area (Å²) in [6.07, 6.45) is 3.24. The highest BCUT2D eigenvalue weighted by atomic mass is 16.7. The number of rotatable bonds is 5. The molecule has 2 aromatic carbocycles. The normalized spacial score (nSPS) is 12.0. The molecule has 1 aromatic heterocycles. The van der Waals surface area contributed by atoms with Crippen LogP contribution in [0.2, 0.25) is 0 Å². The van der Waals surface area contributed by atoms with E-state index in [-0.39, 0.29) is 12.5 Å². The zero-order valence-electron chi connectivity index (χ0n) is 15.6. The second-order valence-electron chi connectivity index (χ2n) is 5.93. The Morgan fingerprint density at radius 1 is 0.821 bits per heavy atom. The molecule has 28 heavy (non-hydrogen) atoms. The van der Waals surface area contributed by atoms with E-state index in [2.05, 4.69) is 10.2 Å². The van der Waals surface area contributed by atoms with Gasteiger partial charge in [-0.2, -0.15) is 10.2 Å². The van der Waals surface area contributed by atoms with Crippen molar-refractivity contribution in [2.75, 3.05) is 28.1 Å². The average molecular weight is 382 g/mol. The molecule has 3 aromatic rings. The van der Waals surface area contributed by atoms with Crippen LogP contribution in [-0.2, 0) is 0 Å². The largest absolute Gasteiger partial charge is 0.504 e. The Morgan fingerprint density at radius 2 is 1.54 bits per heavy atom. The topological polar surface area (TPSA) is 92.2 Å². The fraction of sp³-hybridized carbons (Fsp3) is 0.200. The Morgan fingerprint density at radius 3 is 2.21 bits per heavy atom. The SMILES string of the molecule is COc1ccc(-c2cnncc2-c2cc(OC)c3c(c2OC)OCO3)cc1O. The van der Waals surface area contributed by atoms with Crippen LogP contribution in [0.3, 0.4) is 0 Å². The summed E-state index contributed by atoms with van der Waals surface area (Å²) in [6.45, 7) is 0.0827. The molecule has 0 bridgehead atoms. The Balaban J connectivity index is 1.94. The van der Waals surface area contributed by atoms with E-state index in [1.54, 1.807) is 44.8 Å². The number of aromatic nitrogens is 2. The molecule has 0 unspecified atom stereocenters. The fourth-order valence-corrected chi connectivity index (χ4v) is 3.19. The number of aromatic hydroxyl groups is 1. The highest BCUT2D eigenvalue weighted by molar-refractivity contribution is 5.89. The second-order valence-corrected chi connectivity index (χ2v) is 5.93. The van der Waals surface area contributed by atoms with Gasteiger partial charge in [0.2, 0.25) is 18.3 Å². The lowest BCUT2D eigenvalue weighted by molar-refractivity contribution is 0.168. The first-order chi connectivity index (χ1) is 13.7. The van der Waals surface area contributed by atoms with Gasteiger partial charge in [0, 0.05) is 16.7 Å². The number of benzene rings is 2. The van der Waals surface area contributed by atoms with E-state index < -0.39 is 0 Å². The van der Waals surface area contributed by atoms with Crippen LogP contribution in [0.5, 0.6) is 34.5 Å². The van der Waals surface area contributed by atoms with Gasteiger partial charge in [-0.05, 0) is 23.8 Å². The van der Waals surface area contributed by atoms with Gasteiger partial charge in [0.1, 0.15) is 0 Å². The summed E-state index contributed by atoms with van der Waals surface area (Å²) in [5.74, 6) is 2.39. The average Bonchev–Trinajstić information content (AvgIpc) is 3.22. The molecule has 4 rings (SSSR count). The zero-order valence-corrected chi connectivity index (χ0v) is 15.6. The molecule has 0 fully saturated rings. The van der Waals surface area contributed by atoms with Crippen LogP contribution in [0.15, 0.2) is 36.7 Å². The molecule has 2 heterocycles. The highest BCUT2D eigenvalue weighted by Gasteiger charge is 2.28. The summed E-state index contributed by atoms with van der Waals surface area (Å²) in [6, 6.07) is 6.92. The fourth-order valence-electron chi connectivity index (χ4n) is 3.19. The van der Waals surface area contributed by atoms with Gasteiger partial charge in [0.25, 0.3) is 0 Å². The summed E-state index contributed by atoms with van der Waals surface area (Å²) in [5, 5.41) is 18.2. The number of nitrogens with zero attached hydrogens (tertiary/aromatic N) is 2. The van der Waals surface area contributed by atoms with Gasteiger partial charge in [0.05, 0.1) is 33.7 Å². The lowest BCUT2D eigenvalue weighted by atomic mass is 9.96. The summed E-state index contributed by atoms with van der Waals surface area (Å²) in [4.78, 5) is 0. The predicted molar refractivity (Wildman–Crippen MR) is 100 cm³/mol. The molecule has 0 radical (unpaired) electrons. The standard InChI is InChI=1S/C20H18N2O6/c1-24-16-5-4-11(6-15(16)23)13-8-21-22-9-14(13)12-7-17(25-2)19-20(18(12)26-3)28-10-27-19/h4-9,23H,10H2,1-3H3. The maximum atomic E-state index is 10.2. The Hall–Kier alpha value is -3.68. The van der Waals surface area contributed by atoms with E-state index in [1.165, 1.54) is 7.11 Å². The Bertz CT molecular complexity index is 1040. The van der Waals surface area contributed by atoms with E-state index in [1.807, 2.05) is 6.07 Å². The molecule has 0 atom stereocenters. The van der Waals surface area contributed by atoms with Crippen molar-refractivity contribution < 1.29 is 28.8 Å². The van der Waals surface area contributed by atoms with Gasteiger partial charge in [-0.3, -0.25) is 0 Å². The van der Waals surface area contributed by atoms with Crippen molar-refractivity contribution in [3.8, 4) is 56.8 Å². The molecule has 1 N–H and O–H groups in total. The second kappa shape index (κ2) is 7.15. The molecule has 144 valence electrons. The summed E-state index contributed by atoms with van der Waals surface area (Å²) < 4.78 is 27.3. The van der Waals surface area contributed by atoms with Crippen molar-refractivity contribution in [3.05, 3.63) is 36.7 Å². The molecule has 1 aliphatic rings. The molecule has 0 spiro atoms. The van der Waals surface area contributed by atoms with Gasteiger partial charge >= 0.3 is 0 Å². The molecule has 8 heteroatoms. The number of ether oxygens (including phenoxy) is 5. The van der Waals surface area contributed by atoms with Crippen LogP contribution >= 0.6 is 0 Å². The third-order valence-electron chi connectivity index (χ3n) is 4.50. The monoisotopic (exact) mass is 382 g/mol. The van der Waals surface area contributed by atoms with Gasteiger partial charge in [-0.1, -0.05) is 6.07 Å². The number of phenolic OH excluding ortho intramolecular Hbond substituents is 1. The zero-order chi connectivity index (χ0) is 19.7. The van der Waals surface area contributed by atoms with Gasteiger partial charge in [-0.25, -0.2) is 0 Å². The van der Waals surface area contributed by atoms with Crippen LogP contribution in [-0.4, -0.2) is 43.4 Å². The number of fused-ring (bicyclic) bond motifs is 1. The van der Waals surface area contributed by atoms with Crippen LogP contribution in [0, 0.1) is 0 Å². The third-order valence-corrected chi connectivity index (χ3v) is 4.50. The van der Waals surface area contributed by atoms with Crippen molar-refractivity contribution >= 4 is 0 Å². The van der Waals surface area contributed by atoms with E-state index in [4.69, 9.17) is 23.7 Å². The lowest BCUT2D eigenvalue weighted by Crippen LogP contribution is -1.96. The molecular weight excluding hydrogens is 364 g/mol. The molecule has 0 amide bonds. The molecular formula is C20H18N2O6. The molecule has 1 aliphatic heterocycles. The Labute approximate surface area is 161 Å². The van der Waals surface area contributed by atoms with Crippen LogP contribution in [0.25, 0.3) is 22.3 Å². The Kier molecular flexibility index (Phi) is 4.52. The first-order valence-electron chi connectivity index (χ1n) is 8.41. The van der Waals surface area contributed by atoms with Crippen LogP contribution < -0.4 is 23.7 Å². The summed E-state index contributed by atoms with van der Waals surface area (Å²) >= 11 is 0. The quantitative estimate of drug-likeness (QED) is 0.719. The number of phenols is 1. The van der Waals surface area contributed by atoms with Crippen molar-refractivity contribution in [1.29, 1.82) is 0 Å². The van der Waals surface area contributed by atoms with Crippen LogP contribution in [0.4, 0.5) is 0 Å². The maximum absolute atomic E-state index is 10.2. The maximum Gasteiger partial charge on any atom is 0.231 e. The number of methoxy groups -OCH3 is 3. The van der Waals surface area contributed by atoms with E-state index in [0.29, 0.717) is 34.3 Å². The van der Waals surface area contributed by atoms with Gasteiger partial charge in [-0.15, -0.1) is 0 Å². The van der Waals surface area contributed by atoms with Crippen molar-refractivity contribution in [1.82, 2.24) is 10.2 Å². The minimum atomic E-state index is 0.0259. The van der Waals surface area contributed by atoms with E-state index in [0.717, 1.165) is 16.7 Å². The van der Waals surface area contributed by atoms with Crippen molar-refractivity contribution in [3.63, 3.8) is 0 Å². The third kappa shape index (κ3) is 2.79. The minimum absolute atomic E-state index is 0.0259. The van der Waals surface area contributed by atoms with Crippen LogP contribution in [0.1, 0.15) is 0 Å². The van der Waals surface area contributed by atoms with Gasteiger partial charge < -0.3 is 28.8 Å². The van der Waals surface area contributed by atoms with E-state index >= 15 is 0 Å². The van der Waals surface area contributed by atoms with Crippen molar-refractivity contribution in [2.45, 2.75) is 0 Å². The smallest absolute Gasteiger partial charge is 0.231 e. The molecule has 0 saturated carbocycles. The summed E-state index contributed by atoms with van der Waals surface area (Å²) in [5.41, 5.74) is 2.91. The minimum Gasteiger partial charge on any atom is -0.504 e. The lowest BCUT2D eigenvalue weighted by Gasteiger charge is -2.16.